The molecule has 2 N–H and O–H groups in total. The Hall–Kier alpha value is -2.01. The van der Waals surface area contributed by atoms with Gasteiger partial charge in [-0.15, -0.1) is 0 Å². The van der Waals surface area contributed by atoms with Gasteiger partial charge in [-0.1, -0.05) is 19.1 Å². The summed E-state index contributed by atoms with van der Waals surface area (Å²) in [6.07, 6.45) is 0. The zero-order valence-corrected chi connectivity index (χ0v) is 12.9. The second-order valence-corrected chi connectivity index (χ2v) is 7.16. The third-order valence-corrected chi connectivity index (χ3v) is 5.12. The van der Waals surface area contributed by atoms with E-state index in [9.17, 15) is 13.5 Å². The molecule has 1 atom stereocenters. The summed E-state index contributed by atoms with van der Waals surface area (Å²) in [6, 6.07) is 13.8. The van der Waals surface area contributed by atoms with E-state index in [0.29, 0.717) is 4.90 Å². The number of anilines is 1. The third-order valence-electron chi connectivity index (χ3n) is 3.37. The van der Waals surface area contributed by atoms with E-state index in [1.807, 2.05) is 19.1 Å². The number of hydrogen-bond acceptors (Lipinski definition) is 4. The quantitative estimate of drug-likeness (QED) is 0.889. The second-order valence-electron chi connectivity index (χ2n) is 4.89. The molecule has 21 heavy (non-hydrogen) atoms. The molecule has 0 aliphatic carbocycles. The zero-order valence-electron chi connectivity index (χ0n) is 12.1. The highest BCUT2D eigenvalue weighted by Gasteiger charge is 2.11. The van der Waals surface area contributed by atoms with Gasteiger partial charge in [0, 0.05) is 11.7 Å². The van der Waals surface area contributed by atoms with Crippen molar-refractivity contribution in [3.8, 4) is 5.75 Å². The molecule has 0 heterocycles. The minimum atomic E-state index is -3.16. The SMILES string of the molecule is CCS(=O)(=O)c1ccc(NC(C)c2ccc(O)cc2)cc1. The fourth-order valence-corrected chi connectivity index (χ4v) is 2.91. The van der Waals surface area contributed by atoms with Crippen molar-refractivity contribution in [1.29, 1.82) is 0 Å². The fourth-order valence-electron chi connectivity index (χ4n) is 2.02. The molecule has 2 aromatic rings. The van der Waals surface area contributed by atoms with Crippen LogP contribution in [0.4, 0.5) is 5.69 Å². The molecule has 0 fully saturated rings. The molecule has 5 heteroatoms. The number of hydrogen-bond donors (Lipinski definition) is 2. The molecule has 0 saturated carbocycles. The lowest BCUT2D eigenvalue weighted by Gasteiger charge is -2.16. The van der Waals surface area contributed by atoms with Crippen molar-refractivity contribution >= 4 is 15.5 Å². The minimum absolute atomic E-state index is 0.0548. The van der Waals surface area contributed by atoms with Crippen molar-refractivity contribution in [2.75, 3.05) is 11.1 Å². The zero-order chi connectivity index (χ0) is 15.5. The van der Waals surface area contributed by atoms with Crippen molar-refractivity contribution in [2.24, 2.45) is 0 Å². The molecular weight excluding hydrogens is 286 g/mol. The molecule has 2 aromatic carbocycles. The van der Waals surface area contributed by atoms with Crippen LogP contribution in [0.3, 0.4) is 0 Å². The van der Waals surface area contributed by atoms with Crippen LogP contribution in [0.5, 0.6) is 5.75 Å². The van der Waals surface area contributed by atoms with Gasteiger partial charge in [-0.05, 0) is 48.9 Å². The van der Waals surface area contributed by atoms with Crippen LogP contribution >= 0.6 is 0 Å². The maximum absolute atomic E-state index is 11.7. The first-order valence-corrected chi connectivity index (χ1v) is 8.46. The highest BCUT2D eigenvalue weighted by molar-refractivity contribution is 7.91. The van der Waals surface area contributed by atoms with Crippen LogP contribution in [0.2, 0.25) is 0 Å². The lowest BCUT2D eigenvalue weighted by Crippen LogP contribution is -2.07. The highest BCUT2D eigenvalue weighted by Crippen LogP contribution is 2.22. The van der Waals surface area contributed by atoms with E-state index in [0.717, 1.165) is 11.3 Å². The second kappa shape index (κ2) is 6.18. The molecule has 2 rings (SSSR count). The predicted octanol–water partition coefficient (Wildman–Crippen LogP) is 3.36. The number of nitrogens with one attached hydrogen (secondary N) is 1. The van der Waals surface area contributed by atoms with Crippen molar-refractivity contribution in [2.45, 2.75) is 24.8 Å². The molecule has 1 unspecified atom stereocenters. The molecule has 0 aliphatic rings. The van der Waals surface area contributed by atoms with Crippen molar-refractivity contribution in [1.82, 2.24) is 0 Å². The largest absolute Gasteiger partial charge is 0.508 e. The Kier molecular flexibility index (Phi) is 4.53. The van der Waals surface area contributed by atoms with E-state index in [4.69, 9.17) is 0 Å². The average molecular weight is 305 g/mol. The molecule has 0 bridgehead atoms. The first-order chi connectivity index (χ1) is 9.92. The lowest BCUT2D eigenvalue weighted by atomic mass is 10.1. The summed E-state index contributed by atoms with van der Waals surface area (Å²) in [5.74, 6) is 0.337. The van der Waals surface area contributed by atoms with Gasteiger partial charge in [-0.2, -0.15) is 0 Å². The summed E-state index contributed by atoms with van der Waals surface area (Å²) in [5, 5.41) is 12.6. The van der Waals surface area contributed by atoms with E-state index >= 15 is 0 Å². The number of phenolic OH excluding ortho intramolecular Hbond substituents is 1. The first kappa shape index (κ1) is 15.4. The lowest BCUT2D eigenvalue weighted by molar-refractivity contribution is 0.475. The normalized spacial score (nSPS) is 12.9. The molecule has 0 aromatic heterocycles. The van der Waals surface area contributed by atoms with Gasteiger partial charge in [-0.3, -0.25) is 0 Å². The summed E-state index contributed by atoms with van der Waals surface area (Å²) >= 11 is 0. The summed E-state index contributed by atoms with van der Waals surface area (Å²) < 4.78 is 23.5. The summed E-state index contributed by atoms with van der Waals surface area (Å²) in [4.78, 5) is 0.341. The highest BCUT2D eigenvalue weighted by atomic mass is 32.2. The number of rotatable bonds is 5. The molecule has 0 aliphatic heterocycles. The van der Waals surface area contributed by atoms with E-state index in [1.54, 1.807) is 43.3 Å². The Morgan fingerprint density at radius 2 is 1.62 bits per heavy atom. The molecule has 0 saturated heterocycles. The summed E-state index contributed by atoms with van der Waals surface area (Å²) in [5.41, 5.74) is 1.89. The fraction of sp³-hybridized carbons (Fsp3) is 0.250. The van der Waals surface area contributed by atoms with Gasteiger partial charge >= 0.3 is 0 Å². The Bertz CT molecular complexity index is 691. The Morgan fingerprint density at radius 3 is 2.14 bits per heavy atom. The van der Waals surface area contributed by atoms with E-state index in [2.05, 4.69) is 5.32 Å². The van der Waals surface area contributed by atoms with Gasteiger partial charge in [0.1, 0.15) is 5.75 Å². The number of aromatic hydroxyl groups is 1. The van der Waals surface area contributed by atoms with Gasteiger partial charge in [0.25, 0.3) is 0 Å². The summed E-state index contributed by atoms with van der Waals surface area (Å²) in [7, 11) is -3.16. The molecule has 0 spiro atoms. The average Bonchev–Trinajstić information content (AvgIpc) is 2.48. The smallest absolute Gasteiger partial charge is 0.178 e. The van der Waals surface area contributed by atoms with Crippen LogP contribution in [-0.2, 0) is 9.84 Å². The maximum atomic E-state index is 11.7. The third kappa shape index (κ3) is 3.76. The van der Waals surface area contributed by atoms with E-state index in [1.165, 1.54) is 0 Å². The van der Waals surface area contributed by atoms with Gasteiger partial charge in [0.05, 0.1) is 10.6 Å². The molecule has 112 valence electrons. The van der Waals surface area contributed by atoms with Crippen LogP contribution in [0.1, 0.15) is 25.5 Å². The van der Waals surface area contributed by atoms with Gasteiger partial charge in [0.2, 0.25) is 0 Å². The maximum Gasteiger partial charge on any atom is 0.178 e. The summed E-state index contributed by atoms with van der Waals surface area (Å²) in [6.45, 7) is 3.64. The van der Waals surface area contributed by atoms with Crippen LogP contribution in [0, 0.1) is 0 Å². The molecular formula is C16H19NO3S. The van der Waals surface area contributed by atoms with Crippen LogP contribution < -0.4 is 5.32 Å². The standard InChI is InChI=1S/C16H19NO3S/c1-3-21(19,20)16-10-6-14(7-11-16)17-12(2)13-4-8-15(18)9-5-13/h4-12,17-18H,3H2,1-2H3. The van der Waals surface area contributed by atoms with Crippen molar-refractivity contribution < 1.29 is 13.5 Å². The number of sulfone groups is 1. The molecule has 0 amide bonds. The van der Waals surface area contributed by atoms with Crippen LogP contribution in [0.15, 0.2) is 53.4 Å². The van der Waals surface area contributed by atoms with Crippen molar-refractivity contribution in [3.05, 3.63) is 54.1 Å². The Morgan fingerprint density at radius 1 is 1.05 bits per heavy atom. The molecule has 4 nitrogen and oxygen atoms in total. The monoisotopic (exact) mass is 305 g/mol. The minimum Gasteiger partial charge on any atom is -0.508 e. The Labute approximate surface area is 125 Å². The van der Waals surface area contributed by atoms with Gasteiger partial charge in [-0.25, -0.2) is 8.42 Å². The van der Waals surface area contributed by atoms with Crippen molar-refractivity contribution in [3.63, 3.8) is 0 Å². The van der Waals surface area contributed by atoms with E-state index < -0.39 is 9.84 Å². The number of benzene rings is 2. The van der Waals surface area contributed by atoms with Crippen LogP contribution in [0.25, 0.3) is 0 Å². The topological polar surface area (TPSA) is 66.4 Å². The van der Waals surface area contributed by atoms with Gasteiger partial charge in [0.15, 0.2) is 9.84 Å². The van der Waals surface area contributed by atoms with Crippen LogP contribution in [-0.4, -0.2) is 19.3 Å². The Balaban J connectivity index is 2.11. The number of phenols is 1. The molecule has 0 radical (unpaired) electrons. The predicted molar refractivity (Wildman–Crippen MR) is 84.3 cm³/mol. The first-order valence-electron chi connectivity index (χ1n) is 6.80. The van der Waals surface area contributed by atoms with Gasteiger partial charge < -0.3 is 10.4 Å². The van der Waals surface area contributed by atoms with E-state index in [-0.39, 0.29) is 17.5 Å².